The second kappa shape index (κ2) is 22.5. The van der Waals surface area contributed by atoms with Crippen LogP contribution in [0.15, 0.2) is 0 Å². The van der Waals surface area contributed by atoms with Crippen molar-refractivity contribution in [2.45, 2.75) is 0 Å². The van der Waals surface area contributed by atoms with Crippen molar-refractivity contribution in [2.24, 2.45) is 0 Å². The molecule has 0 saturated carbocycles. The minimum absolute atomic E-state index is 0. The molecule has 0 aliphatic heterocycles. The quantitative estimate of drug-likeness (QED) is 0.523. The first-order valence-corrected chi connectivity index (χ1v) is 0. The summed E-state index contributed by atoms with van der Waals surface area (Å²) < 4.78 is 0. The Hall–Kier alpha value is 1.67. The van der Waals surface area contributed by atoms with E-state index >= 15 is 0 Å². The van der Waals surface area contributed by atoms with E-state index in [0.717, 1.165) is 0 Å². The molecular weight excluding hydrogens is 315 g/mol. The van der Waals surface area contributed by atoms with E-state index in [9.17, 15) is 0 Å². The van der Waals surface area contributed by atoms with Crippen LogP contribution in [0.1, 0.15) is 0 Å². The summed E-state index contributed by atoms with van der Waals surface area (Å²) in [6.07, 6.45) is 0. The van der Waals surface area contributed by atoms with Gasteiger partial charge in [-0.1, -0.05) is 0 Å². The first kappa shape index (κ1) is 44.2. The first-order chi connectivity index (χ1) is 0. The van der Waals surface area contributed by atoms with Gasteiger partial charge in [0.2, 0.25) is 0 Å². The maximum absolute atomic E-state index is 0. The van der Waals surface area contributed by atoms with E-state index in [1.165, 1.54) is 0 Å². The van der Waals surface area contributed by atoms with Crippen molar-refractivity contribution in [1.82, 2.24) is 0 Å². The maximum Gasteiger partial charge on any atom is 0 e. The van der Waals surface area contributed by atoms with Crippen molar-refractivity contribution in [1.29, 1.82) is 0 Å². The van der Waals surface area contributed by atoms with Crippen LogP contribution in [0.5, 0.6) is 0 Å². The zero-order chi connectivity index (χ0) is 0. The maximum atomic E-state index is 0. The Morgan fingerprint density at radius 1 is 1.00 bits per heavy atom. The summed E-state index contributed by atoms with van der Waals surface area (Å²) in [6.45, 7) is 0. The minimum atomic E-state index is 0. The first-order valence-electron chi connectivity index (χ1n) is 0. The summed E-state index contributed by atoms with van der Waals surface area (Å²) in [5.74, 6) is 0. The van der Waals surface area contributed by atoms with Gasteiger partial charge in [0.05, 0.1) is 0 Å². The van der Waals surface area contributed by atoms with Crippen LogP contribution < -0.4 is 0 Å². The molecule has 0 heterocycles. The van der Waals surface area contributed by atoms with E-state index in [0.29, 0.717) is 0 Å². The fourth-order valence-corrected chi connectivity index (χ4v) is 0. The Bertz CT molecular complexity index is 8.00. The molecule has 0 bridgehead atoms. The second-order valence-corrected chi connectivity index (χ2v) is 0. The summed E-state index contributed by atoms with van der Waals surface area (Å²) in [5.41, 5.74) is 0. The van der Waals surface area contributed by atoms with Gasteiger partial charge in [-0.25, -0.2) is 0 Å². The Kier molecular flexibility index (Phi) is 249. The molecule has 0 aromatic heterocycles. The third-order valence-electron chi connectivity index (χ3n) is 0. The van der Waals surface area contributed by atoms with Crippen molar-refractivity contribution in [3.05, 3.63) is 0 Å². The van der Waals surface area contributed by atoms with Crippen molar-refractivity contribution >= 4 is 0 Å². The normalized spacial score (nSPS) is 0. The van der Waals surface area contributed by atoms with Crippen LogP contribution in [0.4, 0.5) is 0 Å². The summed E-state index contributed by atoms with van der Waals surface area (Å²) in [7, 11) is 0. The average Bonchev–Trinajstić information content (AvgIpc) is 0. The van der Waals surface area contributed by atoms with Crippen LogP contribution in [0.25, 0.3) is 0 Å². The summed E-state index contributed by atoms with van der Waals surface area (Å²) in [6, 6.07) is 0. The van der Waals surface area contributed by atoms with Gasteiger partial charge in [0.25, 0.3) is 0 Å². The molecule has 0 amide bonds. The van der Waals surface area contributed by atoms with Crippen molar-refractivity contribution in [3.8, 4) is 0 Å². The largest absolute Gasteiger partial charge is 0.412 e. The molecule has 2 N–H and O–H groups in total. The Morgan fingerprint density at radius 3 is 1.00 bits per heavy atom. The van der Waals surface area contributed by atoms with Gasteiger partial charge in [-0.05, 0) is 0 Å². The molecule has 0 unspecified atom stereocenters. The standard InChI is InChI=1S/Co.Fe.H2O.W/h;;1H2;. The fourth-order valence-electron chi connectivity index (χ4n) is 0. The van der Waals surface area contributed by atoms with Gasteiger partial charge in [0.15, 0.2) is 0 Å². The zero-order valence-corrected chi connectivity index (χ0v) is 6.67. The van der Waals surface area contributed by atoms with Crippen LogP contribution >= 0.6 is 0 Å². The smallest absolute Gasteiger partial charge is 0 e. The van der Waals surface area contributed by atoms with Gasteiger partial charge in [0, 0.05) is 54.9 Å². The van der Waals surface area contributed by atoms with Crippen LogP contribution in [0, 0.1) is 0 Å². The molecule has 31 valence electrons. The number of hydrogen-bond donors (Lipinski definition) is 0. The van der Waals surface area contributed by atoms with E-state index in [-0.39, 0.29) is 60.4 Å². The Morgan fingerprint density at radius 2 is 1.00 bits per heavy atom. The monoisotopic (exact) mass is 317 g/mol. The molecule has 4 heteroatoms. The molecule has 0 spiro atoms. The van der Waals surface area contributed by atoms with Gasteiger partial charge in [0.1, 0.15) is 0 Å². The molecule has 0 rings (SSSR count). The Balaban J connectivity index is 0. The van der Waals surface area contributed by atoms with Crippen molar-refractivity contribution in [2.75, 3.05) is 0 Å². The summed E-state index contributed by atoms with van der Waals surface area (Å²) in [4.78, 5) is 0. The van der Waals surface area contributed by atoms with Crippen LogP contribution in [-0.2, 0) is 54.9 Å². The van der Waals surface area contributed by atoms with Crippen molar-refractivity contribution < 1.29 is 60.4 Å². The molecule has 0 aliphatic carbocycles. The molecule has 0 saturated heterocycles. The third kappa shape index (κ3) is 9.37. The molecule has 0 fully saturated rings. The van der Waals surface area contributed by atoms with E-state index in [4.69, 9.17) is 0 Å². The van der Waals surface area contributed by atoms with Gasteiger partial charge in [-0.2, -0.15) is 0 Å². The summed E-state index contributed by atoms with van der Waals surface area (Å²) in [5, 5.41) is 0. The fraction of sp³-hybridized carbons (Fsp3) is 0. The predicted octanol–water partition coefficient (Wildman–Crippen LogP) is -0.832. The molecule has 0 aliphatic rings. The molecular formula is H2CoFeOW. The van der Waals surface area contributed by atoms with E-state index < -0.39 is 0 Å². The second-order valence-electron chi connectivity index (χ2n) is 0. The molecule has 1 nitrogen and oxygen atoms in total. The van der Waals surface area contributed by atoms with E-state index in [1.807, 2.05) is 0 Å². The van der Waals surface area contributed by atoms with Gasteiger partial charge in [-0.3, -0.25) is 0 Å². The van der Waals surface area contributed by atoms with Crippen LogP contribution in [0.2, 0.25) is 0 Å². The number of rotatable bonds is 0. The number of hydrogen-bond acceptors (Lipinski definition) is 0. The molecule has 0 aromatic rings. The van der Waals surface area contributed by atoms with Gasteiger partial charge < -0.3 is 5.48 Å². The van der Waals surface area contributed by atoms with Crippen LogP contribution in [0.3, 0.4) is 0 Å². The van der Waals surface area contributed by atoms with Crippen LogP contribution in [-0.4, -0.2) is 5.48 Å². The minimum Gasteiger partial charge on any atom is -0.412 e. The predicted molar refractivity (Wildman–Crippen MR) is 3.61 cm³/mol. The zero-order valence-electron chi connectivity index (χ0n) is 1.60. The topological polar surface area (TPSA) is 31.5 Å². The average molecular weight is 317 g/mol. The third-order valence-corrected chi connectivity index (χ3v) is 0. The van der Waals surface area contributed by atoms with Gasteiger partial charge >= 0.3 is 0 Å². The molecule has 1 radical (unpaired) electrons. The molecule has 4 heavy (non-hydrogen) atoms. The summed E-state index contributed by atoms with van der Waals surface area (Å²) >= 11 is 0. The Labute approximate surface area is 60.2 Å². The SMILES string of the molecule is O.[Co].[Fe].[W]. The van der Waals surface area contributed by atoms with Crippen molar-refractivity contribution in [3.63, 3.8) is 0 Å². The van der Waals surface area contributed by atoms with Gasteiger partial charge in [-0.15, -0.1) is 0 Å². The molecule has 0 atom stereocenters. The van der Waals surface area contributed by atoms with E-state index in [1.54, 1.807) is 0 Å². The molecule has 0 aromatic carbocycles. The van der Waals surface area contributed by atoms with E-state index in [2.05, 4.69) is 0 Å².